The van der Waals surface area contributed by atoms with E-state index < -0.39 is 5.97 Å². The summed E-state index contributed by atoms with van der Waals surface area (Å²) in [4.78, 5) is 21.2. The molecule has 0 spiro atoms. The van der Waals surface area contributed by atoms with Crippen molar-refractivity contribution in [3.63, 3.8) is 0 Å². The summed E-state index contributed by atoms with van der Waals surface area (Å²) in [5, 5.41) is 1.51. The molecule has 0 amide bonds. The lowest BCUT2D eigenvalue weighted by atomic mass is 10.1. The van der Waals surface area contributed by atoms with E-state index in [-0.39, 0.29) is 12.3 Å². The highest BCUT2D eigenvalue weighted by atomic mass is 35.5. The third-order valence-corrected chi connectivity index (χ3v) is 4.89. The smallest absolute Gasteiger partial charge is 0.358 e. The zero-order chi connectivity index (χ0) is 18.3. The molecule has 26 heavy (non-hydrogen) atoms. The molecule has 0 fully saturated rings. The summed E-state index contributed by atoms with van der Waals surface area (Å²) >= 11 is 6.41. The number of benzene rings is 1. The lowest BCUT2D eigenvalue weighted by molar-refractivity contribution is 0.0462. The molecule has 4 rings (SSSR count). The van der Waals surface area contributed by atoms with Crippen molar-refractivity contribution in [2.45, 2.75) is 20.5 Å². The molecule has 0 N–H and O–H groups in total. The Morgan fingerprint density at radius 2 is 1.92 bits per heavy atom. The van der Waals surface area contributed by atoms with Crippen LogP contribution in [0.1, 0.15) is 27.4 Å². The van der Waals surface area contributed by atoms with Gasteiger partial charge in [0.05, 0.1) is 16.2 Å². The van der Waals surface area contributed by atoms with Crippen LogP contribution in [0.3, 0.4) is 0 Å². The van der Waals surface area contributed by atoms with E-state index >= 15 is 0 Å². The van der Waals surface area contributed by atoms with Gasteiger partial charge in [0.25, 0.3) is 0 Å². The summed E-state index contributed by atoms with van der Waals surface area (Å²) < 4.78 is 7.26. The van der Waals surface area contributed by atoms with Gasteiger partial charge in [-0.05, 0) is 37.6 Å². The maximum Gasteiger partial charge on any atom is 0.358 e. The predicted octanol–water partition coefficient (Wildman–Crippen LogP) is 4.51. The fourth-order valence-corrected chi connectivity index (χ4v) is 3.17. The quantitative estimate of drug-likeness (QED) is 0.501. The van der Waals surface area contributed by atoms with Crippen molar-refractivity contribution in [2.75, 3.05) is 0 Å². The van der Waals surface area contributed by atoms with Gasteiger partial charge in [0.2, 0.25) is 0 Å². The maximum atomic E-state index is 12.4. The molecule has 0 bridgehead atoms. The fourth-order valence-electron chi connectivity index (χ4n) is 2.97. The molecule has 0 aliphatic carbocycles. The molecule has 5 nitrogen and oxygen atoms in total. The van der Waals surface area contributed by atoms with Gasteiger partial charge >= 0.3 is 5.97 Å². The van der Waals surface area contributed by atoms with Crippen molar-refractivity contribution in [1.29, 1.82) is 0 Å². The molecule has 3 heterocycles. The van der Waals surface area contributed by atoms with Gasteiger partial charge in [-0.3, -0.25) is 0 Å². The number of ether oxygens (including phenoxy) is 1. The van der Waals surface area contributed by atoms with E-state index in [0.29, 0.717) is 16.4 Å². The highest BCUT2D eigenvalue weighted by molar-refractivity contribution is 6.32. The molecule has 0 radical (unpaired) electrons. The number of rotatable bonds is 3. The van der Waals surface area contributed by atoms with Gasteiger partial charge in [0, 0.05) is 17.3 Å². The number of carbonyl (C=O) groups is 1. The minimum absolute atomic E-state index is 0.00377. The summed E-state index contributed by atoms with van der Waals surface area (Å²) in [7, 11) is 0. The Labute approximate surface area is 155 Å². The zero-order valence-electron chi connectivity index (χ0n) is 14.4. The van der Waals surface area contributed by atoms with Gasteiger partial charge in [0.1, 0.15) is 12.3 Å². The molecule has 4 aromatic rings. The van der Waals surface area contributed by atoms with Crippen LogP contribution in [0, 0.1) is 13.8 Å². The Kier molecular flexibility index (Phi) is 4.09. The number of halogens is 1. The van der Waals surface area contributed by atoms with Crippen molar-refractivity contribution in [3.05, 3.63) is 76.3 Å². The third-order valence-electron chi connectivity index (χ3n) is 4.39. The van der Waals surface area contributed by atoms with Gasteiger partial charge < -0.3 is 9.14 Å². The highest BCUT2D eigenvalue weighted by Gasteiger charge is 2.16. The van der Waals surface area contributed by atoms with Gasteiger partial charge in [-0.25, -0.2) is 14.8 Å². The fraction of sp³-hybridized carbons (Fsp3) is 0.150. The van der Waals surface area contributed by atoms with Gasteiger partial charge in [-0.15, -0.1) is 0 Å². The number of hydrogen-bond donors (Lipinski definition) is 0. The molecule has 0 aliphatic heterocycles. The third kappa shape index (κ3) is 2.80. The van der Waals surface area contributed by atoms with Crippen molar-refractivity contribution in [1.82, 2.24) is 14.4 Å². The Morgan fingerprint density at radius 3 is 2.73 bits per heavy atom. The minimum atomic E-state index is -0.503. The molecule has 130 valence electrons. The number of imidazole rings is 1. The summed E-state index contributed by atoms with van der Waals surface area (Å²) in [5.74, 6) is -0.503. The standard InChI is InChI=1S/C20H16ClN3O2/c1-12-6-5-9-18-23-16(10-24(12)18)20(25)26-11-17-19(21)13(2)14-7-3-4-8-15(14)22-17/h3-10H,11H2,1-2H3. The van der Waals surface area contributed by atoms with E-state index in [4.69, 9.17) is 16.3 Å². The van der Waals surface area contributed by atoms with E-state index in [1.807, 2.05) is 60.7 Å². The number of fused-ring (bicyclic) bond motifs is 2. The minimum Gasteiger partial charge on any atom is -0.454 e. The first kappa shape index (κ1) is 16.5. The van der Waals surface area contributed by atoms with E-state index in [1.165, 1.54) is 0 Å². The second-order valence-electron chi connectivity index (χ2n) is 6.11. The second-order valence-corrected chi connectivity index (χ2v) is 6.49. The Bertz CT molecular complexity index is 1150. The summed E-state index contributed by atoms with van der Waals surface area (Å²) in [6, 6.07) is 13.4. The highest BCUT2D eigenvalue weighted by Crippen LogP contribution is 2.27. The second kappa shape index (κ2) is 6.42. The number of carbonyl (C=O) groups excluding carboxylic acids is 1. The van der Waals surface area contributed by atoms with E-state index in [1.54, 1.807) is 6.20 Å². The first-order valence-electron chi connectivity index (χ1n) is 8.20. The lowest BCUT2D eigenvalue weighted by Crippen LogP contribution is -2.07. The number of esters is 1. The van der Waals surface area contributed by atoms with E-state index in [9.17, 15) is 4.79 Å². The summed E-state index contributed by atoms with van der Waals surface area (Å²) in [6.07, 6.45) is 1.67. The van der Waals surface area contributed by atoms with Crippen molar-refractivity contribution in [3.8, 4) is 0 Å². The predicted molar refractivity (Wildman–Crippen MR) is 101 cm³/mol. The van der Waals surface area contributed by atoms with Gasteiger partial charge in [-0.2, -0.15) is 0 Å². The molecule has 0 aliphatic rings. The van der Waals surface area contributed by atoms with Crippen LogP contribution in [0.25, 0.3) is 16.6 Å². The summed E-state index contributed by atoms with van der Waals surface area (Å²) in [6.45, 7) is 3.88. The number of hydrogen-bond acceptors (Lipinski definition) is 4. The van der Waals surface area contributed by atoms with Crippen LogP contribution in [-0.4, -0.2) is 20.3 Å². The van der Waals surface area contributed by atoms with Crippen LogP contribution in [0.4, 0.5) is 0 Å². The Hall–Kier alpha value is -2.92. The van der Waals surface area contributed by atoms with Crippen LogP contribution < -0.4 is 0 Å². The van der Waals surface area contributed by atoms with E-state index in [0.717, 1.165) is 22.2 Å². The van der Waals surface area contributed by atoms with Crippen LogP contribution in [-0.2, 0) is 11.3 Å². The Morgan fingerprint density at radius 1 is 1.12 bits per heavy atom. The Balaban J connectivity index is 1.60. The van der Waals surface area contributed by atoms with Crippen LogP contribution in [0.2, 0.25) is 5.02 Å². The SMILES string of the molecule is Cc1c(Cl)c(COC(=O)c2cn3c(C)cccc3n2)nc2ccccc12. The number of aromatic nitrogens is 3. The zero-order valence-corrected chi connectivity index (χ0v) is 15.1. The lowest BCUT2D eigenvalue weighted by Gasteiger charge is -2.10. The molecule has 0 saturated heterocycles. The number of aryl methyl sites for hydroxylation is 2. The average molecular weight is 366 g/mol. The number of nitrogens with zero attached hydrogens (tertiary/aromatic N) is 3. The van der Waals surface area contributed by atoms with Crippen LogP contribution >= 0.6 is 11.6 Å². The largest absolute Gasteiger partial charge is 0.454 e. The number of para-hydroxylation sites is 1. The normalized spacial score (nSPS) is 11.2. The van der Waals surface area contributed by atoms with Gasteiger partial charge in [-0.1, -0.05) is 35.9 Å². The average Bonchev–Trinajstić information content (AvgIpc) is 3.09. The molecule has 1 aromatic carbocycles. The molecule has 0 unspecified atom stereocenters. The molecule has 0 atom stereocenters. The van der Waals surface area contributed by atoms with Crippen molar-refractivity contribution < 1.29 is 9.53 Å². The van der Waals surface area contributed by atoms with Crippen molar-refractivity contribution in [2.24, 2.45) is 0 Å². The molecular formula is C20H16ClN3O2. The maximum absolute atomic E-state index is 12.4. The summed E-state index contributed by atoms with van der Waals surface area (Å²) in [5.41, 5.74) is 4.23. The molecule has 3 aromatic heterocycles. The molecule has 6 heteroatoms. The van der Waals surface area contributed by atoms with Crippen molar-refractivity contribution >= 4 is 34.1 Å². The van der Waals surface area contributed by atoms with Crippen LogP contribution in [0.15, 0.2) is 48.7 Å². The van der Waals surface area contributed by atoms with E-state index in [2.05, 4.69) is 9.97 Å². The molecular weight excluding hydrogens is 350 g/mol. The van der Waals surface area contributed by atoms with Crippen LogP contribution in [0.5, 0.6) is 0 Å². The molecule has 0 saturated carbocycles. The van der Waals surface area contributed by atoms with Gasteiger partial charge in [0.15, 0.2) is 5.69 Å². The topological polar surface area (TPSA) is 56.5 Å². The number of pyridine rings is 2. The monoisotopic (exact) mass is 365 g/mol. The first-order chi connectivity index (χ1) is 12.5. The first-order valence-corrected chi connectivity index (χ1v) is 8.58.